The van der Waals surface area contributed by atoms with Gasteiger partial charge in [-0.2, -0.15) is 0 Å². The molecule has 0 bridgehead atoms. The van der Waals surface area contributed by atoms with Crippen molar-refractivity contribution in [2.75, 3.05) is 12.3 Å². The number of anilines is 1. The van der Waals surface area contributed by atoms with Gasteiger partial charge >= 0.3 is 7.60 Å². The summed E-state index contributed by atoms with van der Waals surface area (Å²) in [7, 11) is -3.60. The molecule has 4 nitrogen and oxygen atoms in total. The van der Waals surface area contributed by atoms with Gasteiger partial charge in [0, 0.05) is 10.7 Å². The molecule has 0 amide bonds. The van der Waals surface area contributed by atoms with Crippen molar-refractivity contribution < 1.29 is 14.0 Å². The van der Waals surface area contributed by atoms with Crippen molar-refractivity contribution in [2.24, 2.45) is 0 Å². The first-order valence-corrected chi connectivity index (χ1v) is 6.59. The quantitative estimate of drug-likeness (QED) is 0.636. The number of halogens is 1. The van der Waals surface area contributed by atoms with Gasteiger partial charge in [0.05, 0.1) is 12.8 Å². The second kappa shape index (κ2) is 4.99. The van der Waals surface area contributed by atoms with E-state index >= 15 is 0 Å². The summed E-state index contributed by atoms with van der Waals surface area (Å²) in [5.74, 6) is 0. The molecule has 0 aromatic heterocycles. The van der Waals surface area contributed by atoms with Gasteiger partial charge in [-0.25, -0.2) is 0 Å². The SMILES string of the molecule is CCOP(=O)(O)Cc1cc(Cl)ccc1N. The second-order valence-corrected chi connectivity index (χ2v) is 5.34. The molecule has 0 spiro atoms. The molecule has 0 saturated carbocycles. The van der Waals surface area contributed by atoms with E-state index in [4.69, 9.17) is 21.9 Å². The maximum absolute atomic E-state index is 11.5. The van der Waals surface area contributed by atoms with Gasteiger partial charge in [-0.3, -0.25) is 4.57 Å². The van der Waals surface area contributed by atoms with Crippen LogP contribution in [0.3, 0.4) is 0 Å². The first-order chi connectivity index (χ1) is 6.94. The topological polar surface area (TPSA) is 72.5 Å². The molecule has 0 fully saturated rings. The average Bonchev–Trinajstić information content (AvgIpc) is 2.10. The lowest BCUT2D eigenvalue weighted by Crippen LogP contribution is -1.97. The van der Waals surface area contributed by atoms with Crippen molar-refractivity contribution in [3.05, 3.63) is 28.8 Å². The predicted molar refractivity (Wildman–Crippen MR) is 61.0 cm³/mol. The summed E-state index contributed by atoms with van der Waals surface area (Å²) in [6.45, 7) is 1.85. The Balaban J connectivity index is 2.89. The van der Waals surface area contributed by atoms with Gasteiger partial charge in [0.2, 0.25) is 0 Å². The second-order valence-electron chi connectivity index (χ2n) is 3.06. The van der Waals surface area contributed by atoms with Crippen molar-refractivity contribution in [3.63, 3.8) is 0 Å². The molecule has 0 saturated heterocycles. The summed E-state index contributed by atoms with van der Waals surface area (Å²) in [6, 6.07) is 4.80. The number of nitrogen functional groups attached to an aromatic ring is 1. The molecule has 0 radical (unpaired) electrons. The van der Waals surface area contributed by atoms with E-state index in [0.29, 0.717) is 16.3 Å². The third-order valence-corrected chi connectivity index (χ3v) is 3.44. The van der Waals surface area contributed by atoms with Gasteiger partial charge in [-0.15, -0.1) is 0 Å². The van der Waals surface area contributed by atoms with Crippen LogP contribution in [-0.4, -0.2) is 11.5 Å². The molecule has 1 rings (SSSR count). The Morgan fingerprint density at radius 2 is 2.27 bits per heavy atom. The fraction of sp³-hybridized carbons (Fsp3) is 0.333. The minimum Gasteiger partial charge on any atom is -0.398 e. The maximum atomic E-state index is 11.5. The fourth-order valence-corrected chi connectivity index (χ4v) is 2.57. The predicted octanol–water partition coefficient (Wildman–Crippen LogP) is 2.64. The number of benzene rings is 1. The van der Waals surface area contributed by atoms with Gasteiger partial charge in [0.1, 0.15) is 0 Å². The van der Waals surface area contributed by atoms with Crippen LogP contribution in [0.1, 0.15) is 12.5 Å². The molecule has 6 heteroatoms. The molecule has 0 aliphatic rings. The molecule has 0 aliphatic carbocycles. The van der Waals surface area contributed by atoms with E-state index in [1.807, 2.05) is 0 Å². The molecule has 1 unspecified atom stereocenters. The molecule has 1 aromatic rings. The lowest BCUT2D eigenvalue weighted by Gasteiger charge is -2.12. The Hall–Kier alpha value is -0.540. The zero-order valence-corrected chi connectivity index (χ0v) is 9.96. The highest BCUT2D eigenvalue weighted by molar-refractivity contribution is 7.51. The molecule has 0 aliphatic heterocycles. The third kappa shape index (κ3) is 3.84. The number of hydrogen-bond acceptors (Lipinski definition) is 3. The average molecular weight is 250 g/mol. The fourth-order valence-electron chi connectivity index (χ4n) is 1.17. The van der Waals surface area contributed by atoms with E-state index < -0.39 is 7.60 Å². The lowest BCUT2D eigenvalue weighted by molar-refractivity contribution is 0.272. The first kappa shape index (κ1) is 12.5. The Bertz CT molecular complexity index is 397. The standard InChI is InChI=1S/C9H13ClNO3P/c1-2-14-15(12,13)6-7-5-8(10)3-4-9(7)11/h3-5H,2,6,11H2,1H3,(H,12,13). The summed E-state index contributed by atoms with van der Waals surface area (Å²) < 4.78 is 16.2. The molecule has 1 aromatic carbocycles. The molecular weight excluding hydrogens is 237 g/mol. The lowest BCUT2D eigenvalue weighted by atomic mass is 10.2. The van der Waals surface area contributed by atoms with E-state index in [0.717, 1.165) is 0 Å². The summed E-state index contributed by atoms with van der Waals surface area (Å²) in [4.78, 5) is 9.42. The highest BCUT2D eigenvalue weighted by Gasteiger charge is 2.20. The first-order valence-electron chi connectivity index (χ1n) is 4.45. The Kier molecular flexibility index (Phi) is 4.17. The van der Waals surface area contributed by atoms with Crippen molar-refractivity contribution in [2.45, 2.75) is 13.1 Å². The van der Waals surface area contributed by atoms with Gasteiger partial charge < -0.3 is 15.2 Å². The van der Waals surface area contributed by atoms with Gasteiger partial charge in [-0.05, 0) is 30.7 Å². The minimum atomic E-state index is -3.60. The van der Waals surface area contributed by atoms with Crippen LogP contribution in [0.5, 0.6) is 0 Å². The van der Waals surface area contributed by atoms with Crippen LogP contribution in [-0.2, 0) is 15.3 Å². The highest BCUT2D eigenvalue weighted by atomic mass is 35.5. The third-order valence-electron chi connectivity index (χ3n) is 1.81. The summed E-state index contributed by atoms with van der Waals surface area (Å²) in [5.41, 5.74) is 6.61. The minimum absolute atomic E-state index is 0.118. The monoisotopic (exact) mass is 249 g/mol. The highest BCUT2D eigenvalue weighted by Crippen LogP contribution is 2.46. The number of nitrogens with two attached hydrogens (primary N) is 1. The molecule has 3 N–H and O–H groups in total. The molecular formula is C9H13ClNO3P. The molecule has 0 heterocycles. The molecule has 1 atom stereocenters. The normalized spacial score (nSPS) is 14.9. The van der Waals surface area contributed by atoms with Crippen molar-refractivity contribution in [3.8, 4) is 0 Å². The van der Waals surface area contributed by atoms with Crippen molar-refractivity contribution in [1.29, 1.82) is 0 Å². The van der Waals surface area contributed by atoms with Crippen LogP contribution in [0.2, 0.25) is 5.02 Å². The zero-order chi connectivity index (χ0) is 11.5. The Morgan fingerprint density at radius 3 is 2.87 bits per heavy atom. The van der Waals surface area contributed by atoms with E-state index in [1.54, 1.807) is 25.1 Å². The summed E-state index contributed by atoms with van der Waals surface area (Å²) >= 11 is 5.76. The van der Waals surface area contributed by atoms with Crippen LogP contribution in [0.25, 0.3) is 0 Å². The maximum Gasteiger partial charge on any atom is 0.332 e. The van der Waals surface area contributed by atoms with Crippen molar-refractivity contribution >= 4 is 24.9 Å². The summed E-state index contributed by atoms with van der Waals surface area (Å²) in [5, 5.41) is 0.482. The van der Waals surface area contributed by atoms with E-state index in [9.17, 15) is 9.46 Å². The van der Waals surface area contributed by atoms with Crippen LogP contribution >= 0.6 is 19.2 Å². The molecule has 84 valence electrons. The van der Waals surface area contributed by atoms with Gasteiger partial charge in [0.25, 0.3) is 0 Å². The smallest absolute Gasteiger partial charge is 0.332 e. The largest absolute Gasteiger partial charge is 0.398 e. The van der Waals surface area contributed by atoms with Crippen LogP contribution in [0, 0.1) is 0 Å². The Labute approximate surface area is 93.5 Å². The summed E-state index contributed by atoms with van der Waals surface area (Å²) in [6.07, 6.45) is -0.118. The van der Waals surface area contributed by atoms with Gasteiger partial charge in [-0.1, -0.05) is 11.6 Å². The Morgan fingerprint density at radius 1 is 1.60 bits per heavy atom. The van der Waals surface area contributed by atoms with Crippen LogP contribution in [0.15, 0.2) is 18.2 Å². The van der Waals surface area contributed by atoms with E-state index in [-0.39, 0.29) is 12.8 Å². The zero-order valence-electron chi connectivity index (χ0n) is 8.31. The van der Waals surface area contributed by atoms with Gasteiger partial charge in [0.15, 0.2) is 0 Å². The van der Waals surface area contributed by atoms with E-state index in [1.165, 1.54) is 0 Å². The van der Waals surface area contributed by atoms with Crippen LogP contribution < -0.4 is 5.73 Å². The number of rotatable bonds is 4. The number of hydrogen-bond donors (Lipinski definition) is 2. The van der Waals surface area contributed by atoms with E-state index in [2.05, 4.69) is 0 Å². The molecule has 15 heavy (non-hydrogen) atoms. The van der Waals surface area contributed by atoms with Crippen LogP contribution in [0.4, 0.5) is 5.69 Å². The van der Waals surface area contributed by atoms with Crippen molar-refractivity contribution in [1.82, 2.24) is 0 Å².